The maximum absolute atomic E-state index is 5.86. The number of aromatic nitrogens is 1. The van der Waals surface area contributed by atoms with Gasteiger partial charge < -0.3 is 11.1 Å². The van der Waals surface area contributed by atoms with Gasteiger partial charge in [-0.05, 0) is 24.0 Å². The van der Waals surface area contributed by atoms with Gasteiger partial charge in [0.05, 0.1) is 0 Å². The molecular weight excluding hydrogens is 363 g/mol. The van der Waals surface area contributed by atoms with Crippen LogP contribution in [0.15, 0.2) is 29.5 Å². The molecule has 0 bridgehead atoms. The molecule has 5 heteroatoms. The SMILES string of the molecule is CCCCNC(N)=NCC(c1cccnc1)C(C)C.I. The molecule has 0 spiro atoms. The van der Waals surface area contributed by atoms with E-state index in [1.165, 1.54) is 5.56 Å². The summed E-state index contributed by atoms with van der Waals surface area (Å²) in [6.07, 6.45) is 5.99. The largest absolute Gasteiger partial charge is 0.370 e. The number of aliphatic imine (C=N–C) groups is 1. The van der Waals surface area contributed by atoms with Crippen LogP contribution < -0.4 is 11.1 Å². The Kier molecular flexibility index (Phi) is 10.4. The Morgan fingerprint density at radius 2 is 2.20 bits per heavy atom. The molecule has 4 nitrogen and oxygen atoms in total. The van der Waals surface area contributed by atoms with Crippen LogP contribution >= 0.6 is 24.0 Å². The van der Waals surface area contributed by atoms with E-state index in [-0.39, 0.29) is 24.0 Å². The Balaban J connectivity index is 0.00000361. The third-order valence-corrected chi connectivity index (χ3v) is 3.21. The standard InChI is InChI=1S/C15H26N4.HI/c1-4-5-9-18-15(16)19-11-14(12(2)3)13-7-6-8-17-10-13;/h6-8,10,12,14H,4-5,9,11H2,1-3H3,(H3,16,18,19);1H. The number of guanidine groups is 1. The zero-order chi connectivity index (χ0) is 14.1. The quantitative estimate of drug-likeness (QED) is 0.325. The second-order valence-corrected chi connectivity index (χ2v) is 5.14. The molecule has 0 aliphatic carbocycles. The van der Waals surface area contributed by atoms with Crippen LogP contribution in [0.2, 0.25) is 0 Å². The van der Waals surface area contributed by atoms with Gasteiger partial charge in [0.25, 0.3) is 0 Å². The molecule has 0 aliphatic heterocycles. The van der Waals surface area contributed by atoms with Crippen molar-refractivity contribution in [3.63, 3.8) is 0 Å². The van der Waals surface area contributed by atoms with E-state index in [1.807, 2.05) is 12.3 Å². The zero-order valence-corrected chi connectivity index (χ0v) is 15.0. The van der Waals surface area contributed by atoms with Gasteiger partial charge >= 0.3 is 0 Å². The number of nitrogens with two attached hydrogens (primary N) is 1. The number of nitrogens with zero attached hydrogens (tertiary/aromatic N) is 2. The van der Waals surface area contributed by atoms with Crippen LogP contribution in [0.3, 0.4) is 0 Å². The highest BCUT2D eigenvalue weighted by Crippen LogP contribution is 2.23. The molecule has 0 radical (unpaired) electrons. The van der Waals surface area contributed by atoms with Gasteiger partial charge in [0.1, 0.15) is 0 Å². The molecule has 0 saturated heterocycles. The minimum Gasteiger partial charge on any atom is -0.370 e. The van der Waals surface area contributed by atoms with E-state index in [4.69, 9.17) is 5.73 Å². The minimum absolute atomic E-state index is 0. The molecule has 0 saturated carbocycles. The number of unbranched alkanes of at least 4 members (excludes halogenated alkanes) is 1. The van der Waals surface area contributed by atoms with Gasteiger partial charge in [-0.25, -0.2) is 0 Å². The molecule has 114 valence electrons. The van der Waals surface area contributed by atoms with E-state index in [1.54, 1.807) is 6.20 Å². The Morgan fingerprint density at radius 3 is 2.75 bits per heavy atom. The molecule has 1 rings (SSSR count). The van der Waals surface area contributed by atoms with Crippen molar-refractivity contribution in [2.75, 3.05) is 13.1 Å². The van der Waals surface area contributed by atoms with Gasteiger partial charge in [0.15, 0.2) is 5.96 Å². The first kappa shape index (κ1) is 19.1. The molecule has 20 heavy (non-hydrogen) atoms. The fourth-order valence-electron chi connectivity index (χ4n) is 1.94. The van der Waals surface area contributed by atoms with Gasteiger partial charge in [-0.3, -0.25) is 9.98 Å². The van der Waals surface area contributed by atoms with Crippen molar-refractivity contribution >= 4 is 29.9 Å². The highest BCUT2D eigenvalue weighted by Gasteiger charge is 2.15. The molecule has 0 fully saturated rings. The summed E-state index contributed by atoms with van der Waals surface area (Å²) >= 11 is 0. The Bertz CT molecular complexity index is 379. The fraction of sp³-hybridized carbons (Fsp3) is 0.600. The summed E-state index contributed by atoms with van der Waals surface area (Å²) in [5.41, 5.74) is 7.09. The van der Waals surface area contributed by atoms with E-state index in [9.17, 15) is 0 Å². The number of pyridine rings is 1. The Labute approximate surface area is 139 Å². The lowest BCUT2D eigenvalue weighted by Crippen LogP contribution is -2.33. The number of halogens is 1. The van der Waals surface area contributed by atoms with Crippen LogP contribution in [-0.4, -0.2) is 24.0 Å². The van der Waals surface area contributed by atoms with Crippen LogP contribution in [0.5, 0.6) is 0 Å². The number of hydrogen-bond acceptors (Lipinski definition) is 2. The van der Waals surface area contributed by atoms with Gasteiger partial charge in [-0.15, -0.1) is 24.0 Å². The van der Waals surface area contributed by atoms with Gasteiger partial charge in [0, 0.05) is 31.4 Å². The van der Waals surface area contributed by atoms with E-state index in [0.717, 1.165) is 19.4 Å². The lowest BCUT2D eigenvalue weighted by atomic mass is 9.89. The van der Waals surface area contributed by atoms with Crippen LogP contribution in [0.4, 0.5) is 0 Å². The van der Waals surface area contributed by atoms with Crippen LogP contribution in [0.1, 0.15) is 45.1 Å². The van der Waals surface area contributed by atoms with E-state index < -0.39 is 0 Å². The first-order valence-corrected chi connectivity index (χ1v) is 7.08. The lowest BCUT2D eigenvalue weighted by molar-refractivity contribution is 0.505. The van der Waals surface area contributed by atoms with Crippen LogP contribution in [0, 0.1) is 5.92 Å². The van der Waals surface area contributed by atoms with Crippen molar-refractivity contribution in [2.24, 2.45) is 16.6 Å². The van der Waals surface area contributed by atoms with Crippen LogP contribution in [0.25, 0.3) is 0 Å². The molecule has 0 aliphatic rings. The maximum Gasteiger partial charge on any atom is 0.188 e. The third kappa shape index (κ3) is 7.07. The first-order valence-electron chi connectivity index (χ1n) is 7.08. The average Bonchev–Trinajstić information content (AvgIpc) is 2.40. The van der Waals surface area contributed by atoms with Crippen molar-refractivity contribution in [1.29, 1.82) is 0 Å². The smallest absolute Gasteiger partial charge is 0.188 e. The lowest BCUT2D eigenvalue weighted by Gasteiger charge is -2.19. The summed E-state index contributed by atoms with van der Waals surface area (Å²) in [5.74, 6) is 1.42. The highest BCUT2D eigenvalue weighted by molar-refractivity contribution is 14.0. The number of nitrogens with one attached hydrogen (secondary N) is 1. The van der Waals surface area contributed by atoms with Crippen molar-refractivity contribution in [1.82, 2.24) is 10.3 Å². The predicted molar refractivity (Wildman–Crippen MR) is 96.6 cm³/mol. The molecule has 1 aromatic heterocycles. The second kappa shape index (κ2) is 10.9. The third-order valence-electron chi connectivity index (χ3n) is 3.21. The molecule has 1 aromatic rings. The topological polar surface area (TPSA) is 63.3 Å². The van der Waals surface area contributed by atoms with Gasteiger partial charge in [-0.2, -0.15) is 0 Å². The average molecular weight is 390 g/mol. The Morgan fingerprint density at radius 1 is 1.45 bits per heavy atom. The second-order valence-electron chi connectivity index (χ2n) is 5.14. The van der Waals surface area contributed by atoms with E-state index in [0.29, 0.717) is 24.3 Å². The summed E-state index contributed by atoms with van der Waals surface area (Å²) in [4.78, 5) is 8.63. The summed E-state index contributed by atoms with van der Waals surface area (Å²) < 4.78 is 0. The summed E-state index contributed by atoms with van der Waals surface area (Å²) in [5, 5.41) is 3.14. The zero-order valence-electron chi connectivity index (χ0n) is 12.7. The molecule has 1 atom stereocenters. The summed E-state index contributed by atoms with van der Waals surface area (Å²) in [6.45, 7) is 8.16. The predicted octanol–water partition coefficient (Wildman–Crippen LogP) is 3.14. The van der Waals surface area contributed by atoms with Crippen molar-refractivity contribution in [2.45, 2.75) is 39.5 Å². The van der Waals surface area contributed by atoms with E-state index in [2.05, 4.69) is 42.1 Å². The first-order chi connectivity index (χ1) is 9.15. The molecule has 0 amide bonds. The van der Waals surface area contributed by atoms with Crippen molar-refractivity contribution in [3.8, 4) is 0 Å². The summed E-state index contributed by atoms with van der Waals surface area (Å²) in [6, 6.07) is 4.07. The molecule has 1 heterocycles. The normalized spacial score (nSPS) is 12.9. The minimum atomic E-state index is 0. The van der Waals surface area contributed by atoms with Crippen molar-refractivity contribution < 1.29 is 0 Å². The maximum atomic E-state index is 5.86. The van der Waals surface area contributed by atoms with Crippen LogP contribution in [-0.2, 0) is 0 Å². The van der Waals surface area contributed by atoms with Gasteiger partial charge in [-0.1, -0.05) is 33.3 Å². The number of hydrogen-bond donors (Lipinski definition) is 2. The Hall–Kier alpha value is -0.850. The monoisotopic (exact) mass is 390 g/mol. The number of rotatable bonds is 7. The molecule has 3 N–H and O–H groups in total. The van der Waals surface area contributed by atoms with Gasteiger partial charge in [0.2, 0.25) is 0 Å². The molecule has 1 unspecified atom stereocenters. The van der Waals surface area contributed by atoms with Crippen molar-refractivity contribution in [3.05, 3.63) is 30.1 Å². The summed E-state index contributed by atoms with van der Waals surface area (Å²) in [7, 11) is 0. The molecule has 0 aromatic carbocycles. The fourth-order valence-corrected chi connectivity index (χ4v) is 1.94. The highest BCUT2D eigenvalue weighted by atomic mass is 127. The molecular formula is C15H27IN4. The van der Waals surface area contributed by atoms with E-state index >= 15 is 0 Å².